The number of methoxy groups -OCH3 is 1. The minimum absolute atomic E-state index is 0.00933. The van der Waals surface area contributed by atoms with E-state index in [1.165, 1.54) is 14.0 Å². The van der Waals surface area contributed by atoms with Gasteiger partial charge in [-0.3, -0.25) is 19.4 Å². The van der Waals surface area contributed by atoms with Crippen molar-refractivity contribution in [3.05, 3.63) is 42.1 Å². The molecule has 2 aromatic rings. The van der Waals surface area contributed by atoms with Gasteiger partial charge in [-0.15, -0.1) is 0 Å². The molecular weight excluding hydrogens is 907 g/mol. The molecule has 3 saturated heterocycles. The number of aliphatic hydroxyl groups is 3. The van der Waals surface area contributed by atoms with E-state index in [9.17, 15) is 34.5 Å². The average molecular weight is 988 g/mol. The highest BCUT2D eigenvalue weighted by Crippen LogP contribution is 2.39. The molecule has 0 spiro atoms. The predicted molar refractivity (Wildman–Crippen MR) is 258 cm³/mol. The number of rotatable bonds is 16. The molecule has 1 aromatic carbocycles. The van der Waals surface area contributed by atoms with E-state index in [4.69, 9.17) is 37.9 Å². The second-order valence-corrected chi connectivity index (χ2v) is 20.0. The van der Waals surface area contributed by atoms with Gasteiger partial charge in [0.1, 0.15) is 42.7 Å². The van der Waals surface area contributed by atoms with Crippen LogP contribution in [0.1, 0.15) is 105 Å². The Morgan fingerprint density at radius 3 is 2.44 bits per heavy atom. The van der Waals surface area contributed by atoms with Crippen LogP contribution in [0.25, 0.3) is 10.9 Å². The lowest BCUT2D eigenvalue weighted by atomic mass is 9.80. The number of aryl methyl sites for hydroxylation is 1. The number of likely N-dealkylation sites (N-methyl/N-ethyl adjacent to an activating group) is 2. The quantitative estimate of drug-likeness (QED) is 0.121. The number of aromatic nitrogens is 1. The van der Waals surface area contributed by atoms with Crippen LogP contribution in [0.2, 0.25) is 0 Å². The van der Waals surface area contributed by atoms with E-state index in [-0.39, 0.29) is 38.2 Å². The number of benzene rings is 1. The van der Waals surface area contributed by atoms with Crippen LogP contribution < -0.4 is 0 Å². The third-order valence-corrected chi connectivity index (χ3v) is 14.3. The van der Waals surface area contributed by atoms with Crippen molar-refractivity contribution in [3.63, 3.8) is 0 Å². The first-order chi connectivity index (χ1) is 33.3. The van der Waals surface area contributed by atoms with Crippen LogP contribution in [0.3, 0.4) is 0 Å². The van der Waals surface area contributed by atoms with Gasteiger partial charge in [0, 0.05) is 44.5 Å². The van der Waals surface area contributed by atoms with Crippen molar-refractivity contribution in [2.75, 3.05) is 47.9 Å². The van der Waals surface area contributed by atoms with Crippen molar-refractivity contribution in [1.82, 2.24) is 14.8 Å². The molecule has 0 bridgehead atoms. The first-order valence-electron chi connectivity index (χ1n) is 25.2. The summed E-state index contributed by atoms with van der Waals surface area (Å²) >= 11 is 0. The predicted octanol–water partition coefficient (Wildman–Crippen LogP) is 4.39. The highest BCUT2D eigenvalue weighted by molar-refractivity contribution is 5.81. The van der Waals surface area contributed by atoms with E-state index < -0.39 is 115 Å². The Morgan fingerprint density at radius 2 is 1.77 bits per heavy atom. The monoisotopic (exact) mass is 988 g/mol. The van der Waals surface area contributed by atoms with E-state index in [0.29, 0.717) is 32.4 Å². The number of aldehydes is 1. The molecule has 0 amide bonds. The van der Waals surface area contributed by atoms with Gasteiger partial charge in [0.2, 0.25) is 0 Å². The number of cyclic esters (lactones) is 1. The number of β-amino-alcohol motifs (C(OH)–C–C–N with tert-alkyl or cyclic N) is 1. The first kappa shape index (κ1) is 57.2. The van der Waals surface area contributed by atoms with E-state index >= 15 is 0 Å². The zero-order chi connectivity index (χ0) is 51.3. The summed E-state index contributed by atoms with van der Waals surface area (Å²) in [6, 6.07) is 9.18. The number of carbonyl (C=O) groups excluding carboxylic acids is 4. The second-order valence-electron chi connectivity index (χ2n) is 20.0. The largest absolute Gasteiger partial charge is 0.466 e. The van der Waals surface area contributed by atoms with Crippen LogP contribution in [0.5, 0.6) is 0 Å². The molecule has 3 N–H and O–H groups in total. The summed E-state index contributed by atoms with van der Waals surface area (Å²) in [6.45, 7) is 11.3. The van der Waals surface area contributed by atoms with Crippen LogP contribution in [-0.4, -0.2) is 181 Å². The Balaban J connectivity index is 1.44. The Kier molecular flexibility index (Phi) is 21.9. The smallest absolute Gasteiger partial charge is 0.314 e. The highest BCUT2D eigenvalue weighted by atomic mass is 16.7. The number of ether oxygens (including phenoxy) is 8. The second kappa shape index (κ2) is 26.8. The molecule has 70 heavy (non-hydrogen) atoms. The summed E-state index contributed by atoms with van der Waals surface area (Å²) in [6.07, 6.45) is -5.56. The molecule has 0 saturated carbocycles. The molecule has 5 rings (SSSR count). The Morgan fingerprint density at radius 1 is 1.03 bits per heavy atom. The lowest BCUT2D eigenvalue weighted by Gasteiger charge is -2.50. The Bertz CT molecular complexity index is 1970. The van der Waals surface area contributed by atoms with E-state index in [1.807, 2.05) is 43.1 Å². The number of carbonyl (C=O) groups is 4. The summed E-state index contributed by atoms with van der Waals surface area (Å²) in [5.41, 5.74) is 0.513. The maximum Gasteiger partial charge on any atom is 0.314 e. The summed E-state index contributed by atoms with van der Waals surface area (Å²) in [4.78, 5) is 61.2. The lowest BCUT2D eigenvalue weighted by molar-refractivity contribution is -0.340. The normalized spacial score (nSPS) is 35.5. The van der Waals surface area contributed by atoms with Gasteiger partial charge in [0.05, 0.1) is 54.6 Å². The van der Waals surface area contributed by atoms with Crippen molar-refractivity contribution in [3.8, 4) is 0 Å². The van der Waals surface area contributed by atoms with Gasteiger partial charge in [-0.05, 0) is 123 Å². The molecule has 1 aromatic heterocycles. The molecule has 18 nitrogen and oxygen atoms in total. The van der Waals surface area contributed by atoms with Crippen LogP contribution in [-0.2, 0) is 63.5 Å². The number of nitrogens with zero attached hydrogens (tertiary/aromatic N) is 3. The number of aliphatic hydroxyl groups excluding tert-OH is 2. The Hall–Kier alpha value is -3.69. The number of pyridine rings is 1. The SMILES string of the molecule is CCOC(=O)[C@H]1[C@H](C)O[C@@H](O[C@H]2[C@H](N(C)C)[C@@H](O)[C@H](O[C@H]3[C@@H](CC=O)C[C@@H](C)[C@@H](O)CN(C)CCC[C@@H](CCCc4ccnc5ccccc45)OC(=O)C[C@@H](OC(=O)CC)[C@@H]3OC)O[C@@H]2C)C[C@@]1(C)O. The van der Waals surface area contributed by atoms with Crippen molar-refractivity contribution < 1.29 is 72.4 Å². The van der Waals surface area contributed by atoms with Crippen molar-refractivity contribution in [2.45, 2.75) is 185 Å². The zero-order valence-corrected chi connectivity index (χ0v) is 43.0. The highest BCUT2D eigenvalue weighted by Gasteiger charge is 2.54. The maximum absolute atomic E-state index is 14.2. The van der Waals surface area contributed by atoms with Crippen molar-refractivity contribution >= 4 is 35.1 Å². The zero-order valence-electron chi connectivity index (χ0n) is 43.0. The summed E-state index contributed by atoms with van der Waals surface area (Å²) < 4.78 is 49.7. The fraction of sp³-hybridized carbons (Fsp3) is 0.750. The van der Waals surface area contributed by atoms with Gasteiger partial charge in [-0.2, -0.15) is 0 Å². The minimum atomic E-state index is -1.54. The number of hydrogen-bond donors (Lipinski definition) is 3. The van der Waals surface area contributed by atoms with E-state index in [2.05, 4.69) is 11.1 Å². The molecule has 3 aliphatic rings. The molecule has 18 heteroatoms. The fourth-order valence-electron chi connectivity index (χ4n) is 10.6. The molecule has 0 unspecified atom stereocenters. The number of esters is 3. The summed E-state index contributed by atoms with van der Waals surface area (Å²) in [5, 5.41) is 36.5. The standard InChI is InChI=1S/C52H81N3O15/c1-11-41(58)68-40-28-42(59)67-36(18-15-17-34-22-24-53-38-21-14-13-20-37(34)38)19-16-25-55(9)30-39(57)31(3)27-35(23-26-56)48(49(40)63-10)70-51-46(60)45(54(7)8)47(33(5)66-51)69-43-29-52(6,62)44(32(4)65-43)50(61)64-12-2/h13-14,20-22,24,26,31-33,35-36,39-40,43-49,51,57,60,62H,11-12,15-19,23,25,27-30H2,1-10H3/t31-,32+,33-,35+,36-,39+,40-,43+,44-,45-,46-,47-,48+,49+,51+,52-/m1/s1. The molecular formula is C52H81N3O15. The molecule has 3 aliphatic heterocycles. The Labute approximate surface area is 413 Å². The fourth-order valence-corrected chi connectivity index (χ4v) is 10.6. The summed E-state index contributed by atoms with van der Waals surface area (Å²) in [7, 11) is 6.85. The van der Waals surface area contributed by atoms with Crippen LogP contribution in [0.15, 0.2) is 36.5 Å². The van der Waals surface area contributed by atoms with Gasteiger partial charge < -0.3 is 67.8 Å². The third-order valence-electron chi connectivity index (χ3n) is 14.3. The maximum atomic E-state index is 14.2. The molecule has 0 aliphatic carbocycles. The molecule has 0 radical (unpaired) electrons. The van der Waals surface area contributed by atoms with Crippen molar-refractivity contribution in [1.29, 1.82) is 0 Å². The minimum Gasteiger partial charge on any atom is -0.466 e. The third kappa shape index (κ3) is 15.2. The molecule has 394 valence electrons. The van der Waals surface area contributed by atoms with Crippen molar-refractivity contribution in [2.24, 2.45) is 17.8 Å². The number of para-hydroxylation sites is 1. The van der Waals surface area contributed by atoms with E-state index in [1.54, 1.807) is 52.9 Å². The molecule has 4 heterocycles. The average Bonchev–Trinajstić information content (AvgIpc) is 3.29. The lowest BCUT2D eigenvalue weighted by Crippen LogP contribution is -2.65. The van der Waals surface area contributed by atoms with Gasteiger partial charge >= 0.3 is 17.9 Å². The van der Waals surface area contributed by atoms with Crippen LogP contribution >= 0.6 is 0 Å². The van der Waals surface area contributed by atoms with Gasteiger partial charge in [0.15, 0.2) is 12.6 Å². The van der Waals surface area contributed by atoms with Gasteiger partial charge in [0.25, 0.3) is 0 Å². The summed E-state index contributed by atoms with van der Waals surface area (Å²) in [5.74, 6) is -3.82. The first-order valence-corrected chi connectivity index (χ1v) is 25.2. The molecule has 16 atom stereocenters. The van der Waals surface area contributed by atoms with Gasteiger partial charge in [-0.1, -0.05) is 32.0 Å². The van der Waals surface area contributed by atoms with Crippen LogP contribution in [0.4, 0.5) is 0 Å². The van der Waals surface area contributed by atoms with Gasteiger partial charge in [-0.25, -0.2) is 0 Å². The van der Waals surface area contributed by atoms with E-state index in [0.717, 1.165) is 35.6 Å². The topological polar surface area (TPSA) is 222 Å². The number of fused-ring (bicyclic) bond motifs is 1. The number of hydrogen-bond acceptors (Lipinski definition) is 18. The molecule has 3 fully saturated rings. The van der Waals surface area contributed by atoms with Crippen LogP contribution in [0, 0.1) is 17.8 Å².